The van der Waals surface area contributed by atoms with Crippen molar-refractivity contribution in [3.05, 3.63) is 46.9 Å². The number of rotatable bonds is 6. The zero-order chi connectivity index (χ0) is 23.4. The zero-order valence-electron chi connectivity index (χ0n) is 17.8. The summed E-state index contributed by atoms with van der Waals surface area (Å²) < 4.78 is 70.6. The average molecular weight is 501 g/mol. The second-order valence-electron chi connectivity index (χ2n) is 9.21. The summed E-state index contributed by atoms with van der Waals surface area (Å²) in [5.41, 5.74) is 0.266. The standard InChI is InChI=1S/C22H24ClF3N4O2S/c23-19-16(30-10-7-22(13-30)6-5-14(22)12-29-8-2-9-29)11-15(24)21(20(19)26)33(31,32)28-18-4-1-3-17(25)27-18/h1,3-4,11,14H,2,5-10,12-13H2,(H,27,28). The number of sulfonamides is 1. The van der Waals surface area contributed by atoms with E-state index >= 15 is 4.39 Å². The van der Waals surface area contributed by atoms with Gasteiger partial charge in [0.05, 0.1) is 5.69 Å². The molecule has 1 saturated carbocycles. The van der Waals surface area contributed by atoms with Crippen LogP contribution in [-0.2, 0) is 10.0 Å². The SMILES string of the molecule is O=S(=O)(Nc1cccc(F)n1)c1c(F)cc(N2CCC3(CCC3CN3CCC3)C2)c(Cl)c1F. The summed E-state index contributed by atoms with van der Waals surface area (Å²) in [5.74, 6) is -3.41. The molecule has 0 bridgehead atoms. The van der Waals surface area contributed by atoms with E-state index in [4.69, 9.17) is 11.6 Å². The molecule has 2 unspecified atom stereocenters. The van der Waals surface area contributed by atoms with Gasteiger partial charge in [0.1, 0.15) is 16.7 Å². The Hall–Kier alpha value is -2.04. The molecule has 2 saturated heterocycles. The minimum Gasteiger partial charge on any atom is -0.370 e. The molecule has 2 atom stereocenters. The van der Waals surface area contributed by atoms with Gasteiger partial charge in [0.15, 0.2) is 10.7 Å². The van der Waals surface area contributed by atoms with Gasteiger partial charge in [-0.25, -0.2) is 22.2 Å². The van der Waals surface area contributed by atoms with E-state index < -0.39 is 43.3 Å². The van der Waals surface area contributed by atoms with Crippen LogP contribution in [0.15, 0.2) is 29.2 Å². The molecule has 0 radical (unpaired) electrons. The van der Waals surface area contributed by atoms with Crippen molar-refractivity contribution in [2.45, 2.75) is 30.6 Å². The molecule has 33 heavy (non-hydrogen) atoms. The van der Waals surface area contributed by atoms with Crippen LogP contribution in [-0.4, -0.2) is 51.0 Å². The summed E-state index contributed by atoms with van der Waals surface area (Å²) in [4.78, 5) is 6.46. The predicted octanol–water partition coefficient (Wildman–Crippen LogP) is 4.27. The monoisotopic (exact) mass is 500 g/mol. The van der Waals surface area contributed by atoms with Crippen LogP contribution < -0.4 is 9.62 Å². The highest BCUT2D eigenvalue weighted by Gasteiger charge is 2.51. The second kappa shape index (κ2) is 8.32. The molecule has 1 spiro atoms. The van der Waals surface area contributed by atoms with Crippen molar-refractivity contribution < 1.29 is 21.6 Å². The van der Waals surface area contributed by atoms with E-state index in [2.05, 4.69) is 9.88 Å². The first-order valence-electron chi connectivity index (χ1n) is 11.0. The third kappa shape index (κ3) is 4.06. The summed E-state index contributed by atoms with van der Waals surface area (Å²) in [6, 6.07) is 4.39. The maximum absolute atomic E-state index is 15.1. The van der Waals surface area contributed by atoms with Crippen LogP contribution in [0.2, 0.25) is 5.02 Å². The highest BCUT2D eigenvalue weighted by molar-refractivity contribution is 7.92. The minimum atomic E-state index is -4.73. The lowest BCUT2D eigenvalue weighted by Gasteiger charge is -2.50. The molecular formula is C22H24ClF3N4O2S. The maximum Gasteiger partial charge on any atom is 0.268 e. The smallest absolute Gasteiger partial charge is 0.268 e. The minimum absolute atomic E-state index is 0.112. The van der Waals surface area contributed by atoms with Crippen molar-refractivity contribution >= 4 is 33.1 Å². The van der Waals surface area contributed by atoms with Crippen LogP contribution in [0.1, 0.15) is 25.7 Å². The number of hydrogen-bond acceptors (Lipinski definition) is 5. The number of pyridine rings is 1. The molecule has 1 aliphatic carbocycles. The van der Waals surface area contributed by atoms with Crippen molar-refractivity contribution in [1.82, 2.24) is 9.88 Å². The van der Waals surface area contributed by atoms with E-state index in [0.29, 0.717) is 19.0 Å². The average Bonchev–Trinajstić information content (AvgIpc) is 3.16. The molecule has 3 fully saturated rings. The zero-order valence-corrected chi connectivity index (χ0v) is 19.4. The maximum atomic E-state index is 15.1. The number of hydrogen-bond donors (Lipinski definition) is 1. The van der Waals surface area contributed by atoms with Crippen LogP contribution >= 0.6 is 11.6 Å². The van der Waals surface area contributed by atoms with Gasteiger partial charge in [0.25, 0.3) is 10.0 Å². The lowest BCUT2D eigenvalue weighted by Crippen LogP contribution is -2.51. The van der Waals surface area contributed by atoms with Crippen molar-refractivity contribution in [3.8, 4) is 0 Å². The first kappa shape index (κ1) is 22.7. The van der Waals surface area contributed by atoms with Crippen LogP contribution in [0.4, 0.5) is 24.7 Å². The molecule has 1 aromatic carbocycles. The van der Waals surface area contributed by atoms with Gasteiger partial charge in [-0.3, -0.25) is 4.72 Å². The Kier molecular flexibility index (Phi) is 5.73. The Balaban J connectivity index is 1.38. The van der Waals surface area contributed by atoms with E-state index in [0.717, 1.165) is 51.0 Å². The van der Waals surface area contributed by atoms with Gasteiger partial charge < -0.3 is 9.80 Å². The Morgan fingerprint density at radius 3 is 2.61 bits per heavy atom. The largest absolute Gasteiger partial charge is 0.370 e. The Morgan fingerprint density at radius 1 is 1.18 bits per heavy atom. The first-order valence-corrected chi connectivity index (χ1v) is 12.8. The lowest BCUT2D eigenvalue weighted by atomic mass is 9.59. The number of aromatic nitrogens is 1. The number of anilines is 2. The Labute approximate surface area is 195 Å². The topological polar surface area (TPSA) is 65.5 Å². The summed E-state index contributed by atoms with van der Waals surface area (Å²) in [5, 5.41) is -0.445. The van der Waals surface area contributed by atoms with Crippen molar-refractivity contribution in [3.63, 3.8) is 0 Å². The number of nitrogens with one attached hydrogen (secondary N) is 1. The summed E-state index contributed by atoms with van der Waals surface area (Å²) in [6.07, 6.45) is 4.37. The van der Waals surface area contributed by atoms with E-state index in [1.165, 1.54) is 18.6 Å². The van der Waals surface area contributed by atoms with Gasteiger partial charge in [0.2, 0.25) is 5.95 Å². The van der Waals surface area contributed by atoms with Gasteiger partial charge in [0, 0.05) is 25.7 Å². The van der Waals surface area contributed by atoms with Crippen LogP contribution in [0.5, 0.6) is 0 Å². The van der Waals surface area contributed by atoms with E-state index in [1.54, 1.807) is 0 Å². The molecule has 178 valence electrons. The fourth-order valence-corrected chi connectivity index (χ4v) is 6.72. The molecule has 2 aliphatic heterocycles. The number of benzene rings is 1. The van der Waals surface area contributed by atoms with Crippen LogP contribution in [0.25, 0.3) is 0 Å². The molecular weight excluding hydrogens is 477 g/mol. The van der Waals surface area contributed by atoms with Gasteiger partial charge in [-0.2, -0.15) is 4.39 Å². The molecule has 1 aromatic heterocycles. The van der Waals surface area contributed by atoms with Gasteiger partial charge >= 0.3 is 0 Å². The number of nitrogens with zero attached hydrogens (tertiary/aromatic N) is 3. The van der Waals surface area contributed by atoms with E-state index in [9.17, 15) is 17.2 Å². The third-order valence-electron chi connectivity index (χ3n) is 7.33. The second-order valence-corrected chi connectivity index (χ2v) is 11.2. The fourth-order valence-electron chi connectivity index (χ4n) is 5.25. The molecule has 2 aromatic rings. The van der Waals surface area contributed by atoms with Crippen molar-refractivity contribution in [2.75, 3.05) is 42.3 Å². The molecule has 11 heteroatoms. The predicted molar refractivity (Wildman–Crippen MR) is 119 cm³/mol. The molecule has 5 rings (SSSR count). The summed E-state index contributed by atoms with van der Waals surface area (Å²) in [7, 11) is -4.73. The highest BCUT2D eigenvalue weighted by atomic mass is 35.5. The van der Waals surface area contributed by atoms with Crippen LogP contribution in [0.3, 0.4) is 0 Å². The molecule has 3 heterocycles. The molecule has 1 N–H and O–H groups in total. The van der Waals surface area contributed by atoms with Gasteiger partial charge in [-0.1, -0.05) is 17.7 Å². The van der Waals surface area contributed by atoms with Crippen LogP contribution in [0, 0.1) is 28.9 Å². The van der Waals surface area contributed by atoms with E-state index in [1.807, 2.05) is 9.62 Å². The Morgan fingerprint density at radius 2 is 1.97 bits per heavy atom. The quantitative estimate of drug-likeness (QED) is 0.474. The normalized spacial score (nSPS) is 25.2. The Bertz CT molecular complexity index is 1190. The molecule has 3 aliphatic rings. The highest BCUT2D eigenvalue weighted by Crippen LogP contribution is 2.54. The molecule has 0 amide bonds. The fraction of sp³-hybridized carbons (Fsp3) is 0.500. The van der Waals surface area contributed by atoms with E-state index in [-0.39, 0.29) is 11.1 Å². The number of likely N-dealkylation sites (tertiary alicyclic amines) is 1. The van der Waals surface area contributed by atoms with Gasteiger partial charge in [-0.15, -0.1) is 0 Å². The lowest BCUT2D eigenvalue weighted by molar-refractivity contribution is 0.00573. The summed E-state index contributed by atoms with van der Waals surface area (Å²) >= 11 is 6.23. The summed E-state index contributed by atoms with van der Waals surface area (Å²) in [6.45, 7) is 4.57. The first-order chi connectivity index (χ1) is 15.7. The number of halogens is 4. The van der Waals surface area contributed by atoms with Crippen molar-refractivity contribution in [2.24, 2.45) is 11.3 Å². The van der Waals surface area contributed by atoms with Gasteiger partial charge in [-0.05, 0) is 62.2 Å². The van der Waals surface area contributed by atoms with Crippen molar-refractivity contribution in [1.29, 1.82) is 0 Å². The molecule has 6 nitrogen and oxygen atoms in total. The third-order valence-corrected chi connectivity index (χ3v) is 9.08.